The van der Waals surface area contributed by atoms with Crippen LogP contribution in [0.4, 0.5) is 0 Å². The number of furan rings is 1. The lowest BCUT2D eigenvalue weighted by atomic mass is 9.95. The number of para-hydroxylation sites is 1. The van der Waals surface area contributed by atoms with Gasteiger partial charge in [0.05, 0.1) is 0 Å². The molecule has 2 heteroatoms. The average molecular weight is 395 g/mol. The smallest absolute Gasteiger partial charge is 0.135 e. The van der Waals surface area contributed by atoms with Gasteiger partial charge >= 0.3 is 0 Å². The Bertz CT molecular complexity index is 1330. The fourth-order valence-corrected chi connectivity index (χ4v) is 3.97. The summed E-state index contributed by atoms with van der Waals surface area (Å²) in [5.41, 5.74) is 6.64. The zero-order chi connectivity index (χ0) is 19.6. The second kappa shape index (κ2) is 7.62. The van der Waals surface area contributed by atoms with Crippen LogP contribution in [0.15, 0.2) is 101 Å². The summed E-state index contributed by atoms with van der Waals surface area (Å²) in [5.74, 6) is 0. The van der Waals surface area contributed by atoms with E-state index in [1.165, 1.54) is 16.7 Å². The van der Waals surface area contributed by atoms with Gasteiger partial charge in [0.1, 0.15) is 11.2 Å². The number of halogens is 1. The van der Waals surface area contributed by atoms with Crippen molar-refractivity contribution in [2.24, 2.45) is 0 Å². The van der Waals surface area contributed by atoms with Crippen molar-refractivity contribution in [1.29, 1.82) is 0 Å². The van der Waals surface area contributed by atoms with E-state index in [0.29, 0.717) is 0 Å². The molecule has 1 nitrogen and oxygen atoms in total. The van der Waals surface area contributed by atoms with Crippen LogP contribution < -0.4 is 0 Å². The lowest BCUT2D eigenvalue weighted by Crippen LogP contribution is -1.91. The van der Waals surface area contributed by atoms with Crippen molar-refractivity contribution >= 4 is 45.2 Å². The summed E-state index contributed by atoms with van der Waals surface area (Å²) in [6.07, 6.45) is 3.07. The average Bonchev–Trinajstić information content (AvgIpc) is 3.12. The Labute approximate surface area is 174 Å². The van der Waals surface area contributed by atoms with Crippen LogP contribution in [0.1, 0.15) is 16.7 Å². The molecule has 0 saturated carbocycles. The molecule has 0 bridgehead atoms. The van der Waals surface area contributed by atoms with Crippen molar-refractivity contribution in [3.63, 3.8) is 0 Å². The predicted octanol–water partition coefficient (Wildman–Crippen LogP) is 8.02. The first-order valence-electron chi connectivity index (χ1n) is 9.68. The molecule has 0 fully saturated rings. The Morgan fingerprint density at radius 2 is 1.52 bits per heavy atom. The van der Waals surface area contributed by atoms with Crippen molar-refractivity contribution in [2.75, 3.05) is 0 Å². The first-order chi connectivity index (χ1) is 14.3. The topological polar surface area (TPSA) is 13.1 Å². The summed E-state index contributed by atoms with van der Waals surface area (Å²) in [4.78, 5) is 0. The molecule has 0 atom stereocenters. The predicted molar refractivity (Wildman–Crippen MR) is 123 cm³/mol. The van der Waals surface area contributed by atoms with Crippen LogP contribution in [0.3, 0.4) is 0 Å². The highest BCUT2D eigenvalue weighted by Crippen LogP contribution is 2.32. The molecule has 1 aromatic heterocycles. The highest BCUT2D eigenvalue weighted by molar-refractivity contribution is 6.30. The lowest BCUT2D eigenvalue weighted by molar-refractivity contribution is 0.669. The third-order valence-electron chi connectivity index (χ3n) is 5.17. The molecule has 0 unspecified atom stereocenters. The minimum Gasteiger partial charge on any atom is -0.456 e. The van der Waals surface area contributed by atoms with Crippen molar-refractivity contribution in [3.8, 4) is 0 Å². The zero-order valence-corrected chi connectivity index (χ0v) is 16.6. The SMILES string of the molecule is Clc1cccc(/C=C(/Cc2ccccc2)c2ccc3oc4ccccc4c3c2)c1. The van der Waals surface area contributed by atoms with E-state index >= 15 is 0 Å². The summed E-state index contributed by atoms with van der Waals surface area (Å²) in [7, 11) is 0. The molecule has 0 aliphatic carbocycles. The van der Waals surface area contributed by atoms with Crippen LogP contribution in [-0.2, 0) is 6.42 Å². The van der Waals surface area contributed by atoms with Crippen LogP contribution in [0.2, 0.25) is 5.02 Å². The van der Waals surface area contributed by atoms with E-state index in [1.54, 1.807) is 0 Å². The third-order valence-corrected chi connectivity index (χ3v) is 5.41. The van der Waals surface area contributed by atoms with E-state index in [2.05, 4.69) is 66.7 Å². The lowest BCUT2D eigenvalue weighted by Gasteiger charge is -2.10. The highest BCUT2D eigenvalue weighted by atomic mass is 35.5. The molecular formula is C27H19ClO. The zero-order valence-electron chi connectivity index (χ0n) is 15.8. The fraction of sp³-hybridized carbons (Fsp3) is 0.0370. The maximum absolute atomic E-state index is 6.22. The van der Waals surface area contributed by atoms with Crippen LogP contribution in [0.5, 0.6) is 0 Å². The highest BCUT2D eigenvalue weighted by Gasteiger charge is 2.10. The number of rotatable bonds is 4. The van der Waals surface area contributed by atoms with Crippen LogP contribution in [0, 0.1) is 0 Å². The van der Waals surface area contributed by atoms with Crippen LogP contribution in [0.25, 0.3) is 33.6 Å². The second-order valence-electron chi connectivity index (χ2n) is 7.20. The van der Waals surface area contributed by atoms with Crippen molar-refractivity contribution in [3.05, 3.63) is 119 Å². The molecule has 0 radical (unpaired) electrons. The van der Waals surface area contributed by atoms with Crippen molar-refractivity contribution < 1.29 is 4.42 Å². The first kappa shape index (κ1) is 17.8. The van der Waals surface area contributed by atoms with Gasteiger partial charge in [-0.3, -0.25) is 0 Å². The van der Waals surface area contributed by atoms with E-state index in [4.69, 9.17) is 16.0 Å². The van der Waals surface area contributed by atoms with Gasteiger partial charge in [0.2, 0.25) is 0 Å². The van der Waals surface area contributed by atoms with E-state index in [9.17, 15) is 0 Å². The Kier molecular flexibility index (Phi) is 4.67. The molecule has 140 valence electrons. The van der Waals surface area contributed by atoms with Crippen LogP contribution >= 0.6 is 11.6 Å². The van der Waals surface area contributed by atoms with Gasteiger partial charge in [-0.05, 0) is 59.0 Å². The molecule has 0 aliphatic heterocycles. The molecule has 1 heterocycles. The number of allylic oxidation sites excluding steroid dienone is 1. The van der Waals surface area contributed by atoms with Crippen molar-refractivity contribution in [1.82, 2.24) is 0 Å². The maximum atomic E-state index is 6.22. The first-order valence-corrected chi connectivity index (χ1v) is 10.1. The summed E-state index contributed by atoms with van der Waals surface area (Å²) in [6.45, 7) is 0. The molecule has 0 N–H and O–H groups in total. The van der Waals surface area contributed by atoms with Gasteiger partial charge in [-0.2, -0.15) is 0 Å². The van der Waals surface area contributed by atoms with Crippen molar-refractivity contribution in [2.45, 2.75) is 6.42 Å². The Morgan fingerprint density at radius 1 is 0.724 bits per heavy atom. The van der Waals surface area contributed by atoms with E-state index in [0.717, 1.165) is 38.9 Å². The molecule has 29 heavy (non-hydrogen) atoms. The number of hydrogen-bond acceptors (Lipinski definition) is 1. The normalized spacial score (nSPS) is 12.0. The molecule has 5 rings (SSSR count). The molecule has 0 saturated heterocycles. The quantitative estimate of drug-likeness (QED) is 0.281. The Morgan fingerprint density at radius 3 is 2.38 bits per heavy atom. The van der Waals surface area contributed by atoms with Gasteiger partial charge in [-0.25, -0.2) is 0 Å². The largest absolute Gasteiger partial charge is 0.456 e. The standard InChI is InChI=1S/C27H19ClO/c28-23-10-6-9-20(17-23)16-22(15-19-7-2-1-3-8-19)21-13-14-27-25(18-21)24-11-4-5-12-26(24)29-27/h1-14,16-18H,15H2/b22-16-. The minimum atomic E-state index is 0.745. The Hall–Kier alpha value is -3.29. The fourth-order valence-electron chi connectivity index (χ4n) is 3.78. The monoisotopic (exact) mass is 394 g/mol. The minimum absolute atomic E-state index is 0.745. The molecule has 0 aliphatic rings. The van der Waals surface area contributed by atoms with Gasteiger partial charge in [0.25, 0.3) is 0 Å². The third kappa shape index (κ3) is 3.70. The number of benzene rings is 4. The van der Waals surface area contributed by atoms with E-state index < -0.39 is 0 Å². The van der Waals surface area contributed by atoms with E-state index in [-0.39, 0.29) is 0 Å². The molecule has 0 spiro atoms. The molecule has 0 amide bonds. The summed E-state index contributed by atoms with van der Waals surface area (Å²) in [5, 5.41) is 3.03. The summed E-state index contributed by atoms with van der Waals surface area (Å²) in [6, 6.07) is 33.2. The van der Waals surface area contributed by atoms with Gasteiger partial charge < -0.3 is 4.42 Å². The van der Waals surface area contributed by atoms with Gasteiger partial charge in [0, 0.05) is 15.8 Å². The van der Waals surface area contributed by atoms with Gasteiger partial charge in [-0.1, -0.05) is 84.4 Å². The van der Waals surface area contributed by atoms with Gasteiger partial charge in [0.15, 0.2) is 0 Å². The molecular weight excluding hydrogens is 376 g/mol. The molecule has 4 aromatic carbocycles. The van der Waals surface area contributed by atoms with E-state index in [1.807, 2.05) is 36.4 Å². The van der Waals surface area contributed by atoms with Crippen LogP contribution in [-0.4, -0.2) is 0 Å². The number of hydrogen-bond donors (Lipinski definition) is 0. The number of fused-ring (bicyclic) bond motifs is 3. The summed E-state index contributed by atoms with van der Waals surface area (Å²) < 4.78 is 6.00. The van der Waals surface area contributed by atoms with Gasteiger partial charge in [-0.15, -0.1) is 0 Å². The summed E-state index contributed by atoms with van der Waals surface area (Å²) >= 11 is 6.22. The maximum Gasteiger partial charge on any atom is 0.135 e. The molecule has 5 aromatic rings. The second-order valence-corrected chi connectivity index (χ2v) is 7.63. The Balaban J connectivity index is 1.66.